The molecule has 0 fully saturated rings. The summed E-state index contributed by atoms with van der Waals surface area (Å²) < 4.78 is 4.80. The van der Waals surface area contributed by atoms with Crippen LogP contribution in [0.4, 0.5) is 0 Å². The average molecular weight is 163 g/mol. The van der Waals surface area contributed by atoms with Gasteiger partial charge in [0.2, 0.25) is 0 Å². The zero-order chi connectivity index (χ0) is 4.24. The molecule has 2 heteroatoms. The van der Waals surface area contributed by atoms with Crippen molar-refractivity contribution in [1.29, 1.82) is 0 Å². The molecular formula is C5H8OSe. The molecule has 0 atom stereocenters. The molecule has 1 rings (SSSR count). The minimum atomic E-state index is 0. The maximum absolute atomic E-state index is 4.80. The molecule has 0 amide bonds. The first-order chi connectivity index (χ1) is 3.00. The Morgan fingerprint density at radius 1 is 1.29 bits per heavy atom. The van der Waals surface area contributed by atoms with Crippen molar-refractivity contribution in [2.75, 3.05) is 6.61 Å². The molecule has 40 valence electrons. The van der Waals surface area contributed by atoms with E-state index in [9.17, 15) is 0 Å². The Bertz CT molecular complexity index is 74.1. The first-order valence-electron chi connectivity index (χ1n) is 1.93. The third kappa shape index (κ3) is 2.49. The van der Waals surface area contributed by atoms with Gasteiger partial charge in [-0.05, 0) is 12.2 Å². The predicted molar refractivity (Wildman–Crippen MR) is 32.8 cm³/mol. The second kappa shape index (κ2) is 3.97. The minimum absolute atomic E-state index is 0. The van der Waals surface area contributed by atoms with Gasteiger partial charge >= 0.3 is 17.1 Å². The molecule has 0 N–H and O–H groups in total. The van der Waals surface area contributed by atoms with Crippen LogP contribution in [0.25, 0.3) is 0 Å². The normalized spacial score (nSPS) is 14.9. The summed E-state index contributed by atoms with van der Waals surface area (Å²) in [6, 6.07) is 0. The third-order valence-electron chi connectivity index (χ3n) is 0.614. The van der Waals surface area contributed by atoms with Crippen molar-refractivity contribution in [3.8, 4) is 0 Å². The monoisotopic (exact) mass is 164 g/mol. The Labute approximate surface area is 53.5 Å². The Morgan fingerprint density at radius 2 is 2.14 bits per heavy atom. The second-order valence-corrected chi connectivity index (χ2v) is 1.09. The van der Waals surface area contributed by atoms with Crippen molar-refractivity contribution >= 4 is 17.1 Å². The van der Waals surface area contributed by atoms with Gasteiger partial charge in [-0.2, -0.15) is 0 Å². The molecule has 7 heavy (non-hydrogen) atoms. The van der Waals surface area contributed by atoms with E-state index >= 15 is 0 Å². The van der Waals surface area contributed by atoms with Gasteiger partial charge in [0, 0.05) is 0 Å². The quantitative estimate of drug-likeness (QED) is 0.462. The molecule has 0 aromatic carbocycles. The van der Waals surface area contributed by atoms with E-state index in [1.54, 1.807) is 6.26 Å². The van der Waals surface area contributed by atoms with Crippen LogP contribution in [0.15, 0.2) is 24.5 Å². The summed E-state index contributed by atoms with van der Waals surface area (Å²) in [4.78, 5) is 0. The summed E-state index contributed by atoms with van der Waals surface area (Å²) in [5, 5.41) is 0. The molecule has 0 saturated heterocycles. The van der Waals surface area contributed by atoms with Crippen LogP contribution >= 0.6 is 0 Å². The van der Waals surface area contributed by atoms with Gasteiger partial charge in [0.25, 0.3) is 0 Å². The van der Waals surface area contributed by atoms with E-state index in [2.05, 4.69) is 0 Å². The van der Waals surface area contributed by atoms with E-state index in [0.29, 0.717) is 0 Å². The molecule has 0 bridgehead atoms. The van der Waals surface area contributed by atoms with Gasteiger partial charge in [0.1, 0.15) is 6.61 Å². The van der Waals surface area contributed by atoms with Crippen LogP contribution in [0.2, 0.25) is 0 Å². The number of rotatable bonds is 0. The van der Waals surface area contributed by atoms with Crippen LogP contribution in [0, 0.1) is 0 Å². The average Bonchev–Trinajstić information content (AvgIpc) is 1.72. The van der Waals surface area contributed by atoms with E-state index in [0.717, 1.165) is 6.61 Å². The third-order valence-corrected chi connectivity index (χ3v) is 0.614. The van der Waals surface area contributed by atoms with Crippen molar-refractivity contribution in [2.24, 2.45) is 0 Å². The molecule has 0 spiro atoms. The van der Waals surface area contributed by atoms with Gasteiger partial charge < -0.3 is 4.74 Å². The molecule has 1 nitrogen and oxygen atoms in total. The fourth-order valence-corrected chi connectivity index (χ4v) is 0.346. The number of allylic oxidation sites excluding steroid dienone is 2. The molecule has 0 radical (unpaired) electrons. The summed E-state index contributed by atoms with van der Waals surface area (Å²) in [6.45, 7) is 0.733. The summed E-state index contributed by atoms with van der Waals surface area (Å²) in [6.07, 6.45) is 7.47. The van der Waals surface area contributed by atoms with Gasteiger partial charge in [-0.25, -0.2) is 0 Å². The molecule has 0 aromatic rings. The van der Waals surface area contributed by atoms with Crippen LogP contribution in [-0.2, 0) is 4.74 Å². The SMILES string of the molecule is C1=CCOC=C1.[SeH2]. The maximum atomic E-state index is 4.80. The fourth-order valence-electron chi connectivity index (χ4n) is 0.346. The molecule has 0 saturated carbocycles. The van der Waals surface area contributed by atoms with Crippen molar-refractivity contribution < 1.29 is 4.74 Å². The van der Waals surface area contributed by atoms with Crippen LogP contribution in [0.5, 0.6) is 0 Å². The summed E-state index contributed by atoms with van der Waals surface area (Å²) >= 11 is 0. The van der Waals surface area contributed by atoms with Gasteiger partial charge in [-0.3, -0.25) is 0 Å². The Kier molecular flexibility index (Phi) is 3.86. The predicted octanol–water partition coefficient (Wildman–Crippen LogP) is 0.170. The molecule has 1 aliphatic rings. The molecule has 1 aliphatic heterocycles. The number of hydrogen-bond acceptors (Lipinski definition) is 1. The zero-order valence-corrected chi connectivity index (χ0v) is 6.02. The van der Waals surface area contributed by atoms with Crippen LogP contribution in [0.3, 0.4) is 0 Å². The van der Waals surface area contributed by atoms with Gasteiger partial charge in [-0.1, -0.05) is 6.08 Å². The summed E-state index contributed by atoms with van der Waals surface area (Å²) in [5.74, 6) is 0. The molecular weight excluding hydrogens is 155 g/mol. The Balaban J connectivity index is 0.000000360. The number of hydrogen-bond donors (Lipinski definition) is 0. The zero-order valence-electron chi connectivity index (χ0n) is 3.92. The van der Waals surface area contributed by atoms with E-state index in [1.165, 1.54) is 0 Å². The van der Waals surface area contributed by atoms with Crippen LogP contribution in [0.1, 0.15) is 0 Å². The van der Waals surface area contributed by atoms with Gasteiger partial charge in [0.05, 0.1) is 6.26 Å². The van der Waals surface area contributed by atoms with Crippen molar-refractivity contribution in [1.82, 2.24) is 0 Å². The number of ether oxygens (including phenoxy) is 1. The first kappa shape index (κ1) is 6.80. The van der Waals surface area contributed by atoms with Crippen LogP contribution < -0.4 is 0 Å². The molecule has 0 aromatic heterocycles. The van der Waals surface area contributed by atoms with Crippen LogP contribution in [-0.4, -0.2) is 23.7 Å². The molecule has 0 unspecified atom stereocenters. The van der Waals surface area contributed by atoms with Crippen molar-refractivity contribution in [3.05, 3.63) is 24.5 Å². The summed E-state index contributed by atoms with van der Waals surface area (Å²) in [7, 11) is 0. The van der Waals surface area contributed by atoms with E-state index in [4.69, 9.17) is 4.74 Å². The topological polar surface area (TPSA) is 9.23 Å². The standard InChI is InChI=1S/C5H6O.H2Se/c1-2-4-6-5-3-1;/h1-4H,5H2;1H2. The Morgan fingerprint density at radius 3 is 2.29 bits per heavy atom. The van der Waals surface area contributed by atoms with Crippen molar-refractivity contribution in [2.45, 2.75) is 0 Å². The van der Waals surface area contributed by atoms with Gasteiger partial charge in [-0.15, -0.1) is 0 Å². The van der Waals surface area contributed by atoms with E-state index < -0.39 is 0 Å². The Hall–Kier alpha value is -0.201. The first-order valence-corrected chi connectivity index (χ1v) is 1.93. The van der Waals surface area contributed by atoms with Gasteiger partial charge in [0.15, 0.2) is 0 Å². The molecule has 1 heterocycles. The van der Waals surface area contributed by atoms with E-state index in [1.807, 2.05) is 18.2 Å². The second-order valence-electron chi connectivity index (χ2n) is 1.09. The molecule has 0 aliphatic carbocycles. The fraction of sp³-hybridized carbons (Fsp3) is 0.200. The summed E-state index contributed by atoms with van der Waals surface area (Å²) in [5.41, 5.74) is 0. The van der Waals surface area contributed by atoms with Crippen molar-refractivity contribution in [3.63, 3.8) is 0 Å². The van der Waals surface area contributed by atoms with E-state index in [-0.39, 0.29) is 17.1 Å².